The van der Waals surface area contributed by atoms with E-state index in [1.807, 2.05) is 0 Å². The summed E-state index contributed by atoms with van der Waals surface area (Å²) in [6.45, 7) is 3.51. The third-order valence-electron chi connectivity index (χ3n) is 3.04. The number of aryl methyl sites for hydroxylation is 1. The zero-order chi connectivity index (χ0) is 17.1. The molecule has 8 nitrogen and oxygen atoms in total. The van der Waals surface area contributed by atoms with Crippen molar-refractivity contribution in [3.63, 3.8) is 0 Å². The molecule has 0 aliphatic heterocycles. The minimum Gasteiger partial charge on any atom is -0.360 e. The maximum Gasteiger partial charge on any atom is 0.238 e. The molecule has 0 fully saturated rings. The van der Waals surface area contributed by atoms with Gasteiger partial charge < -0.3 is 9.84 Å². The number of hydrogen-bond acceptors (Lipinski definition) is 7. The molecular formula is C14H13ClN6O2S. The van der Waals surface area contributed by atoms with Gasteiger partial charge in [0.2, 0.25) is 11.1 Å². The molecule has 1 aromatic carbocycles. The van der Waals surface area contributed by atoms with Gasteiger partial charge in [-0.15, -0.1) is 5.10 Å². The second kappa shape index (κ2) is 7.02. The van der Waals surface area contributed by atoms with Crippen LogP contribution in [0.5, 0.6) is 0 Å². The van der Waals surface area contributed by atoms with Gasteiger partial charge in [-0.05, 0) is 48.5 Å². The molecule has 2 aromatic heterocycles. The molecule has 3 aromatic rings. The van der Waals surface area contributed by atoms with E-state index in [1.165, 1.54) is 11.8 Å². The van der Waals surface area contributed by atoms with Crippen LogP contribution in [0.2, 0.25) is 5.02 Å². The molecule has 0 saturated heterocycles. The summed E-state index contributed by atoms with van der Waals surface area (Å²) in [5, 5.41) is 18.7. The topological polar surface area (TPSA) is 98.7 Å². The van der Waals surface area contributed by atoms with Crippen molar-refractivity contribution in [2.75, 3.05) is 5.32 Å². The number of nitrogens with zero attached hydrogens (tertiary/aromatic N) is 5. The SMILES string of the molecule is Cc1cc(NC(=O)C(C)Sc2nnnn2-c2ccc(Cl)cc2)no1. The number of rotatable bonds is 5. The molecule has 0 spiro atoms. The van der Waals surface area contributed by atoms with Crippen LogP contribution in [0.4, 0.5) is 5.82 Å². The lowest BCUT2D eigenvalue weighted by molar-refractivity contribution is -0.115. The number of carbonyl (C=O) groups excluding carboxylic acids is 1. The van der Waals surface area contributed by atoms with Crippen LogP contribution < -0.4 is 5.32 Å². The highest BCUT2D eigenvalue weighted by molar-refractivity contribution is 8.00. The quantitative estimate of drug-likeness (QED) is 0.695. The van der Waals surface area contributed by atoms with Crippen LogP contribution in [0.1, 0.15) is 12.7 Å². The van der Waals surface area contributed by atoms with E-state index >= 15 is 0 Å². The van der Waals surface area contributed by atoms with Gasteiger partial charge in [0.25, 0.3) is 0 Å². The Morgan fingerprint density at radius 2 is 2.12 bits per heavy atom. The number of aromatic nitrogens is 5. The Kier molecular flexibility index (Phi) is 4.81. The van der Waals surface area contributed by atoms with Crippen molar-refractivity contribution in [1.82, 2.24) is 25.4 Å². The first-order valence-corrected chi connectivity index (χ1v) is 8.24. The van der Waals surface area contributed by atoms with E-state index in [9.17, 15) is 4.79 Å². The van der Waals surface area contributed by atoms with Crippen molar-refractivity contribution in [3.8, 4) is 5.69 Å². The summed E-state index contributed by atoms with van der Waals surface area (Å²) >= 11 is 7.12. The molecule has 2 heterocycles. The second-order valence-electron chi connectivity index (χ2n) is 4.92. The van der Waals surface area contributed by atoms with E-state index in [0.717, 1.165) is 5.69 Å². The summed E-state index contributed by atoms with van der Waals surface area (Å²) in [5.74, 6) is 0.776. The van der Waals surface area contributed by atoms with Crippen LogP contribution in [-0.4, -0.2) is 36.5 Å². The van der Waals surface area contributed by atoms with Crippen LogP contribution in [0.3, 0.4) is 0 Å². The van der Waals surface area contributed by atoms with Gasteiger partial charge in [0.15, 0.2) is 5.82 Å². The average molecular weight is 365 g/mol. The molecule has 0 aliphatic rings. The van der Waals surface area contributed by atoms with E-state index in [4.69, 9.17) is 16.1 Å². The Bertz CT molecular complexity index is 847. The molecule has 0 aliphatic carbocycles. The molecule has 24 heavy (non-hydrogen) atoms. The highest BCUT2D eigenvalue weighted by Gasteiger charge is 2.20. The molecule has 1 unspecified atom stereocenters. The van der Waals surface area contributed by atoms with Crippen molar-refractivity contribution in [1.29, 1.82) is 0 Å². The van der Waals surface area contributed by atoms with Crippen molar-refractivity contribution >= 4 is 35.1 Å². The van der Waals surface area contributed by atoms with Crippen LogP contribution in [0.25, 0.3) is 5.69 Å². The Labute approximate surface area is 146 Å². The van der Waals surface area contributed by atoms with Gasteiger partial charge in [-0.25, -0.2) is 0 Å². The number of halogens is 1. The molecule has 1 atom stereocenters. The number of thioether (sulfide) groups is 1. The predicted octanol–water partition coefficient (Wildman–Crippen LogP) is 2.73. The third-order valence-corrected chi connectivity index (χ3v) is 4.33. The van der Waals surface area contributed by atoms with E-state index in [-0.39, 0.29) is 5.91 Å². The molecule has 0 bridgehead atoms. The molecule has 0 radical (unpaired) electrons. The predicted molar refractivity (Wildman–Crippen MR) is 89.4 cm³/mol. The Morgan fingerprint density at radius 3 is 2.79 bits per heavy atom. The standard InChI is InChI=1S/C14H13ClN6O2S/c1-8-7-12(18-23-8)16-13(22)9(2)24-14-17-19-20-21(14)11-5-3-10(15)4-6-11/h3-7,9H,1-2H3,(H,16,18,22). The first-order valence-electron chi connectivity index (χ1n) is 6.98. The molecule has 3 rings (SSSR count). The van der Waals surface area contributed by atoms with E-state index < -0.39 is 5.25 Å². The van der Waals surface area contributed by atoms with Crippen molar-refractivity contribution in [2.24, 2.45) is 0 Å². The molecule has 10 heteroatoms. The van der Waals surface area contributed by atoms with E-state index in [2.05, 4.69) is 26.0 Å². The molecule has 1 N–H and O–H groups in total. The monoisotopic (exact) mass is 364 g/mol. The lowest BCUT2D eigenvalue weighted by Crippen LogP contribution is -2.23. The lowest BCUT2D eigenvalue weighted by Gasteiger charge is -2.10. The molecular weight excluding hydrogens is 352 g/mol. The number of hydrogen-bond donors (Lipinski definition) is 1. The summed E-state index contributed by atoms with van der Waals surface area (Å²) < 4.78 is 6.47. The fraction of sp³-hybridized carbons (Fsp3) is 0.214. The van der Waals surface area contributed by atoms with Crippen molar-refractivity contribution in [2.45, 2.75) is 24.3 Å². The van der Waals surface area contributed by atoms with Gasteiger partial charge in [0.05, 0.1) is 10.9 Å². The van der Waals surface area contributed by atoms with Crippen molar-refractivity contribution < 1.29 is 9.32 Å². The first-order chi connectivity index (χ1) is 11.5. The number of tetrazole rings is 1. The van der Waals surface area contributed by atoms with Crippen LogP contribution >= 0.6 is 23.4 Å². The highest BCUT2D eigenvalue weighted by atomic mass is 35.5. The van der Waals surface area contributed by atoms with Gasteiger partial charge >= 0.3 is 0 Å². The van der Waals surface area contributed by atoms with Gasteiger partial charge in [-0.1, -0.05) is 28.5 Å². The Hall–Kier alpha value is -2.39. The lowest BCUT2D eigenvalue weighted by atomic mass is 10.3. The summed E-state index contributed by atoms with van der Waals surface area (Å²) in [6, 6.07) is 8.73. The average Bonchev–Trinajstić information content (AvgIpc) is 3.17. The van der Waals surface area contributed by atoms with Crippen LogP contribution in [-0.2, 0) is 4.79 Å². The summed E-state index contributed by atoms with van der Waals surface area (Å²) in [6.07, 6.45) is 0. The fourth-order valence-corrected chi connectivity index (χ4v) is 2.80. The zero-order valence-corrected chi connectivity index (χ0v) is 14.4. The summed E-state index contributed by atoms with van der Waals surface area (Å²) in [4.78, 5) is 12.2. The smallest absolute Gasteiger partial charge is 0.238 e. The number of anilines is 1. The van der Waals surface area contributed by atoms with Crippen LogP contribution in [0, 0.1) is 6.92 Å². The number of benzene rings is 1. The Morgan fingerprint density at radius 1 is 1.38 bits per heavy atom. The third kappa shape index (κ3) is 3.74. The van der Waals surface area contributed by atoms with E-state index in [1.54, 1.807) is 48.9 Å². The Balaban J connectivity index is 1.70. The zero-order valence-electron chi connectivity index (χ0n) is 12.8. The fourth-order valence-electron chi connectivity index (χ4n) is 1.86. The summed E-state index contributed by atoms with van der Waals surface area (Å²) in [5.41, 5.74) is 0.756. The maximum atomic E-state index is 12.2. The molecule has 1 amide bonds. The number of nitrogens with one attached hydrogen (secondary N) is 1. The van der Waals surface area contributed by atoms with E-state index in [0.29, 0.717) is 21.8 Å². The first kappa shape index (κ1) is 16.5. The van der Waals surface area contributed by atoms with Gasteiger partial charge in [0, 0.05) is 11.1 Å². The number of carbonyl (C=O) groups is 1. The largest absolute Gasteiger partial charge is 0.360 e. The second-order valence-corrected chi connectivity index (χ2v) is 6.67. The normalized spacial score (nSPS) is 12.1. The minimum atomic E-state index is -0.431. The van der Waals surface area contributed by atoms with Gasteiger partial charge in [-0.2, -0.15) is 4.68 Å². The minimum absolute atomic E-state index is 0.223. The van der Waals surface area contributed by atoms with Crippen molar-refractivity contribution in [3.05, 3.63) is 41.1 Å². The number of amides is 1. The summed E-state index contributed by atoms with van der Waals surface area (Å²) in [7, 11) is 0. The molecule has 0 saturated carbocycles. The maximum absolute atomic E-state index is 12.2. The van der Waals surface area contributed by atoms with Gasteiger partial charge in [0.1, 0.15) is 5.76 Å². The molecule has 124 valence electrons. The van der Waals surface area contributed by atoms with Gasteiger partial charge in [-0.3, -0.25) is 4.79 Å². The van der Waals surface area contributed by atoms with Crippen LogP contribution in [0.15, 0.2) is 40.0 Å². The highest BCUT2D eigenvalue weighted by Crippen LogP contribution is 2.24.